The average molecular weight is 289 g/mol. The number of ether oxygens (including phenoxy) is 1. The van der Waals surface area contributed by atoms with Crippen LogP contribution in [0, 0.1) is 0 Å². The smallest absolute Gasteiger partial charge is 0.250 e. The van der Waals surface area contributed by atoms with Crippen LogP contribution in [0.3, 0.4) is 0 Å². The van der Waals surface area contributed by atoms with Gasteiger partial charge in [-0.3, -0.25) is 10.1 Å². The molecule has 0 bridgehead atoms. The second-order valence-electron chi connectivity index (χ2n) is 4.31. The van der Waals surface area contributed by atoms with Gasteiger partial charge in [-0.05, 0) is 26.0 Å². The molecular formula is C14H15N3O2S. The fraction of sp³-hybridized carbons (Fsp3) is 0.214. The zero-order chi connectivity index (χ0) is 14.4. The minimum Gasteiger partial charge on any atom is -0.486 e. The molecule has 0 atom stereocenters. The van der Waals surface area contributed by atoms with Crippen LogP contribution < -0.4 is 10.1 Å². The summed E-state index contributed by atoms with van der Waals surface area (Å²) in [5.41, 5.74) is 0.930. The van der Waals surface area contributed by atoms with E-state index in [1.54, 1.807) is 0 Å². The summed E-state index contributed by atoms with van der Waals surface area (Å²) >= 11 is 1.30. The number of hydrogen-bond donors (Lipinski definition) is 1. The number of amides is 1. The largest absolute Gasteiger partial charge is 0.486 e. The van der Waals surface area contributed by atoms with E-state index in [1.165, 1.54) is 17.4 Å². The van der Waals surface area contributed by atoms with E-state index in [0.29, 0.717) is 16.7 Å². The summed E-state index contributed by atoms with van der Waals surface area (Å²) in [7, 11) is 0. The first-order valence-corrected chi connectivity index (χ1v) is 6.91. The van der Waals surface area contributed by atoms with Crippen molar-refractivity contribution in [3.63, 3.8) is 0 Å². The number of aromatic nitrogens is 2. The average Bonchev–Trinajstić information content (AvgIpc) is 2.84. The van der Waals surface area contributed by atoms with Gasteiger partial charge in [0.05, 0.1) is 0 Å². The first-order chi connectivity index (χ1) is 9.63. The van der Waals surface area contributed by atoms with Gasteiger partial charge in [0.1, 0.15) is 12.4 Å². The maximum Gasteiger partial charge on any atom is 0.250 e. The van der Waals surface area contributed by atoms with E-state index in [9.17, 15) is 4.79 Å². The van der Waals surface area contributed by atoms with Crippen LogP contribution in [0.4, 0.5) is 5.13 Å². The van der Waals surface area contributed by atoms with Crippen molar-refractivity contribution in [2.75, 3.05) is 5.32 Å². The summed E-state index contributed by atoms with van der Waals surface area (Å²) in [6, 6.07) is 9.48. The fourth-order valence-electron chi connectivity index (χ4n) is 1.43. The number of benzene rings is 1. The molecule has 0 unspecified atom stereocenters. The Hall–Kier alpha value is -2.21. The third-order valence-corrected chi connectivity index (χ3v) is 3.03. The van der Waals surface area contributed by atoms with Crippen LogP contribution in [0.2, 0.25) is 0 Å². The highest BCUT2D eigenvalue weighted by molar-refractivity contribution is 7.15. The Morgan fingerprint density at radius 3 is 2.75 bits per heavy atom. The Morgan fingerprint density at radius 1 is 1.30 bits per heavy atom. The standard InChI is InChI=1S/C14H15N3O2S/c1-10(2)8-12(18)15-14-17-16-13(20-14)9-19-11-6-4-3-5-7-11/h3-8H,9H2,1-2H3,(H,15,17,18). The van der Waals surface area contributed by atoms with Crippen molar-refractivity contribution >= 4 is 22.4 Å². The number of carbonyl (C=O) groups is 1. The molecule has 20 heavy (non-hydrogen) atoms. The van der Waals surface area contributed by atoms with Gasteiger partial charge in [0.25, 0.3) is 0 Å². The molecular weight excluding hydrogens is 274 g/mol. The third kappa shape index (κ3) is 4.47. The molecule has 0 aliphatic rings. The Balaban J connectivity index is 1.89. The van der Waals surface area contributed by atoms with Gasteiger partial charge in [-0.2, -0.15) is 0 Å². The minimum absolute atomic E-state index is 0.198. The highest BCUT2D eigenvalue weighted by atomic mass is 32.1. The molecule has 0 saturated carbocycles. The Morgan fingerprint density at radius 2 is 2.05 bits per heavy atom. The monoisotopic (exact) mass is 289 g/mol. The van der Waals surface area contributed by atoms with Crippen LogP contribution in [0.25, 0.3) is 0 Å². The number of rotatable bonds is 5. The maximum absolute atomic E-state index is 11.5. The Kier molecular flexibility index (Phi) is 4.84. The quantitative estimate of drug-likeness (QED) is 0.859. The molecule has 5 nitrogen and oxygen atoms in total. The summed E-state index contributed by atoms with van der Waals surface area (Å²) in [6.07, 6.45) is 1.52. The first-order valence-electron chi connectivity index (χ1n) is 6.09. The van der Waals surface area contributed by atoms with Gasteiger partial charge in [-0.15, -0.1) is 10.2 Å². The number of carbonyl (C=O) groups excluding carboxylic acids is 1. The van der Waals surface area contributed by atoms with E-state index in [-0.39, 0.29) is 5.91 Å². The van der Waals surface area contributed by atoms with Crippen molar-refractivity contribution in [3.8, 4) is 5.75 Å². The van der Waals surface area contributed by atoms with Crippen molar-refractivity contribution in [3.05, 3.63) is 47.0 Å². The van der Waals surface area contributed by atoms with Gasteiger partial charge >= 0.3 is 0 Å². The predicted octanol–water partition coefficient (Wildman–Crippen LogP) is 3.02. The van der Waals surface area contributed by atoms with Crippen LogP contribution in [0.1, 0.15) is 18.9 Å². The summed E-state index contributed by atoms with van der Waals surface area (Å²) in [5, 5.41) is 11.7. The lowest BCUT2D eigenvalue weighted by atomic mass is 10.3. The number of allylic oxidation sites excluding steroid dienone is 1. The zero-order valence-electron chi connectivity index (χ0n) is 11.3. The third-order valence-electron chi connectivity index (χ3n) is 2.22. The minimum atomic E-state index is -0.198. The molecule has 1 amide bonds. The number of nitrogens with zero attached hydrogens (tertiary/aromatic N) is 2. The van der Waals surface area contributed by atoms with Crippen LogP contribution in [0.15, 0.2) is 42.0 Å². The summed E-state index contributed by atoms with van der Waals surface area (Å²) < 4.78 is 5.56. The van der Waals surface area contributed by atoms with E-state index < -0.39 is 0 Å². The van der Waals surface area contributed by atoms with E-state index >= 15 is 0 Å². The van der Waals surface area contributed by atoms with Crippen LogP contribution in [-0.2, 0) is 11.4 Å². The summed E-state index contributed by atoms with van der Waals surface area (Å²) in [4.78, 5) is 11.5. The number of hydrogen-bond acceptors (Lipinski definition) is 5. The van der Waals surface area contributed by atoms with E-state index in [0.717, 1.165) is 11.3 Å². The topological polar surface area (TPSA) is 64.1 Å². The number of para-hydroxylation sites is 1. The van der Waals surface area contributed by atoms with Crippen molar-refractivity contribution < 1.29 is 9.53 Å². The SMILES string of the molecule is CC(C)=CC(=O)Nc1nnc(COc2ccccc2)s1. The van der Waals surface area contributed by atoms with Crippen molar-refractivity contribution in [1.29, 1.82) is 0 Å². The summed E-state index contributed by atoms with van der Waals surface area (Å²) in [6.45, 7) is 4.05. The molecule has 1 N–H and O–H groups in total. The molecule has 0 saturated heterocycles. The lowest BCUT2D eigenvalue weighted by molar-refractivity contribution is -0.111. The second kappa shape index (κ2) is 6.81. The number of nitrogens with one attached hydrogen (secondary N) is 1. The van der Waals surface area contributed by atoms with Gasteiger partial charge in [0.2, 0.25) is 11.0 Å². The maximum atomic E-state index is 11.5. The summed E-state index contributed by atoms with van der Waals surface area (Å²) in [5.74, 6) is 0.578. The lowest BCUT2D eigenvalue weighted by Gasteiger charge is -2.01. The van der Waals surface area contributed by atoms with Crippen molar-refractivity contribution in [1.82, 2.24) is 10.2 Å². The Labute approximate surface area is 121 Å². The second-order valence-corrected chi connectivity index (χ2v) is 5.38. The highest BCUT2D eigenvalue weighted by Gasteiger charge is 2.07. The Bertz CT molecular complexity index is 604. The van der Waals surface area contributed by atoms with Gasteiger partial charge in [-0.1, -0.05) is 35.1 Å². The van der Waals surface area contributed by atoms with Gasteiger partial charge in [-0.25, -0.2) is 0 Å². The van der Waals surface area contributed by atoms with Crippen LogP contribution in [0.5, 0.6) is 5.75 Å². The van der Waals surface area contributed by atoms with Crippen molar-refractivity contribution in [2.45, 2.75) is 20.5 Å². The molecule has 0 aliphatic heterocycles. The molecule has 1 heterocycles. The van der Waals surface area contributed by atoms with E-state index in [1.807, 2.05) is 44.2 Å². The molecule has 6 heteroatoms. The molecule has 104 valence electrons. The fourth-order valence-corrected chi connectivity index (χ4v) is 2.08. The molecule has 0 spiro atoms. The van der Waals surface area contributed by atoms with Gasteiger partial charge in [0, 0.05) is 6.08 Å². The molecule has 0 radical (unpaired) electrons. The predicted molar refractivity (Wildman–Crippen MR) is 78.7 cm³/mol. The van der Waals surface area contributed by atoms with Crippen LogP contribution >= 0.6 is 11.3 Å². The first kappa shape index (κ1) is 14.2. The van der Waals surface area contributed by atoms with Crippen LogP contribution in [-0.4, -0.2) is 16.1 Å². The molecule has 1 aromatic heterocycles. The van der Waals surface area contributed by atoms with E-state index in [2.05, 4.69) is 15.5 Å². The zero-order valence-corrected chi connectivity index (χ0v) is 12.1. The normalized spacial score (nSPS) is 9.90. The van der Waals surface area contributed by atoms with Gasteiger partial charge < -0.3 is 4.74 Å². The lowest BCUT2D eigenvalue weighted by Crippen LogP contribution is -2.07. The highest BCUT2D eigenvalue weighted by Crippen LogP contribution is 2.18. The molecule has 0 aliphatic carbocycles. The molecule has 0 fully saturated rings. The number of anilines is 1. The van der Waals surface area contributed by atoms with Crippen molar-refractivity contribution in [2.24, 2.45) is 0 Å². The van der Waals surface area contributed by atoms with E-state index in [4.69, 9.17) is 4.74 Å². The molecule has 2 aromatic rings. The molecule has 1 aromatic carbocycles. The van der Waals surface area contributed by atoms with Gasteiger partial charge in [0.15, 0.2) is 5.01 Å². The molecule has 2 rings (SSSR count).